The maximum Gasteiger partial charge on any atom is 0.336 e. The first kappa shape index (κ1) is 18.4. The van der Waals surface area contributed by atoms with Crippen LogP contribution in [0.4, 0.5) is 22.0 Å². The number of hydrogen-bond acceptors (Lipinski definition) is 3. The summed E-state index contributed by atoms with van der Waals surface area (Å²) in [4.78, 5) is 11.7. The Labute approximate surface area is 139 Å². The zero-order valence-electron chi connectivity index (χ0n) is 13.0. The first-order chi connectivity index (χ1) is 11.8. The number of rotatable bonds is 4. The molecule has 0 aliphatic carbocycles. The summed E-state index contributed by atoms with van der Waals surface area (Å²) < 4.78 is 75.3. The molecule has 0 aromatic heterocycles. The fourth-order valence-electron chi connectivity index (χ4n) is 1.92. The Bertz CT molecular complexity index is 815. The van der Waals surface area contributed by atoms with Gasteiger partial charge in [-0.25, -0.2) is 18.0 Å². The van der Waals surface area contributed by atoms with Crippen LogP contribution in [0.1, 0.15) is 12.5 Å². The number of allylic oxidation sites excluding steroid dienone is 1. The molecule has 2 aromatic carbocycles. The molecule has 0 saturated heterocycles. The molecule has 132 valence electrons. The Morgan fingerprint density at radius 2 is 1.36 bits per heavy atom. The van der Waals surface area contributed by atoms with E-state index in [0.717, 1.165) is 6.08 Å². The van der Waals surface area contributed by atoms with Crippen LogP contribution in [0, 0.1) is 29.1 Å². The van der Waals surface area contributed by atoms with E-state index in [1.54, 1.807) is 24.3 Å². The third-order valence-electron chi connectivity index (χ3n) is 3.25. The van der Waals surface area contributed by atoms with Crippen molar-refractivity contribution in [3.05, 3.63) is 65.0 Å². The highest BCUT2D eigenvalue weighted by atomic mass is 19.2. The van der Waals surface area contributed by atoms with Crippen molar-refractivity contribution in [2.45, 2.75) is 6.92 Å². The third kappa shape index (κ3) is 3.78. The van der Waals surface area contributed by atoms with Crippen LogP contribution in [0.25, 0.3) is 5.57 Å². The minimum Gasteiger partial charge on any atom is -0.497 e. The first-order valence-electron chi connectivity index (χ1n) is 6.82. The van der Waals surface area contributed by atoms with Gasteiger partial charge in [0.05, 0.1) is 7.11 Å². The molecule has 0 bridgehead atoms. The highest BCUT2D eigenvalue weighted by molar-refractivity contribution is 5.92. The van der Waals surface area contributed by atoms with E-state index in [4.69, 9.17) is 4.74 Å². The van der Waals surface area contributed by atoms with Gasteiger partial charge in [-0.15, -0.1) is 0 Å². The summed E-state index contributed by atoms with van der Waals surface area (Å²) in [5, 5.41) is 0. The fraction of sp³-hybridized carbons (Fsp3) is 0.118. The van der Waals surface area contributed by atoms with Gasteiger partial charge in [0, 0.05) is 6.08 Å². The Morgan fingerprint density at radius 1 is 0.880 bits per heavy atom. The minimum atomic E-state index is -2.33. The van der Waals surface area contributed by atoms with Crippen LogP contribution in [0.2, 0.25) is 0 Å². The van der Waals surface area contributed by atoms with Crippen molar-refractivity contribution in [1.82, 2.24) is 0 Å². The monoisotopic (exact) mass is 358 g/mol. The van der Waals surface area contributed by atoms with Crippen molar-refractivity contribution in [1.29, 1.82) is 0 Å². The van der Waals surface area contributed by atoms with E-state index in [9.17, 15) is 26.7 Å². The van der Waals surface area contributed by atoms with Gasteiger partial charge in [-0.05, 0) is 30.2 Å². The largest absolute Gasteiger partial charge is 0.497 e. The molecule has 2 rings (SSSR count). The quantitative estimate of drug-likeness (QED) is 0.203. The van der Waals surface area contributed by atoms with Crippen molar-refractivity contribution in [2.75, 3.05) is 7.11 Å². The number of esters is 1. The average molecular weight is 358 g/mol. The molecule has 0 unspecified atom stereocenters. The van der Waals surface area contributed by atoms with Gasteiger partial charge in [-0.2, -0.15) is 8.78 Å². The van der Waals surface area contributed by atoms with Crippen LogP contribution in [0.3, 0.4) is 0 Å². The van der Waals surface area contributed by atoms with Gasteiger partial charge < -0.3 is 9.47 Å². The second kappa shape index (κ2) is 7.33. The summed E-state index contributed by atoms with van der Waals surface area (Å²) in [6, 6.07) is 6.44. The SMILES string of the molecule is COc1ccc(C(C)=CC(=O)Oc2c(F)c(F)c(F)c(F)c2F)cc1. The molecule has 0 atom stereocenters. The third-order valence-corrected chi connectivity index (χ3v) is 3.25. The molecule has 0 fully saturated rings. The highest BCUT2D eigenvalue weighted by Crippen LogP contribution is 2.29. The van der Waals surface area contributed by atoms with Crippen LogP contribution in [-0.4, -0.2) is 13.1 Å². The zero-order valence-corrected chi connectivity index (χ0v) is 13.0. The molecular formula is C17H11F5O3. The topological polar surface area (TPSA) is 35.5 Å². The van der Waals surface area contributed by atoms with Gasteiger partial charge >= 0.3 is 5.97 Å². The number of carbonyl (C=O) groups excluding carboxylic acids is 1. The van der Waals surface area contributed by atoms with Gasteiger partial charge in [0.15, 0.2) is 0 Å². The van der Waals surface area contributed by atoms with Gasteiger partial charge in [0.2, 0.25) is 34.8 Å². The Balaban J connectivity index is 2.28. The fourth-order valence-corrected chi connectivity index (χ4v) is 1.92. The highest BCUT2D eigenvalue weighted by Gasteiger charge is 2.28. The Kier molecular flexibility index (Phi) is 5.41. The summed E-state index contributed by atoms with van der Waals surface area (Å²) in [5.41, 5.74) is 0.909. The summed E-state index contributed by atoms with van der Waals surface area (Å²) in [7, 11) is 1.47. The maximum atomic E-state index is 13.5. The van der Waals surface area contributed by atoms with Gasteiger partial charge in [-0.1, -0.05) is 12.1 Å². The summed E-state index contributed by atoms with van der Waals surface area (Å²) in [6.45, 7) is 1.50. The van der Waals surface area contributed by atoms with Crippen LogP contribution in [-0.2, 0) is 4.79 Å². The van der Waals surface area contributed by atoms with E-state index in [0.29, 0.717) is 16.9 Å². The average Bonchev–Trinajstić information content (AvgIpc) is 2.62. The lowest BCUT2D eigenvalue weighted by atomic mass is 10.1. The number of ether oxygens (including phenoxy) is 2. The predicted molar refractivity (Wildman–Crippen MR) is 78.5 cm³/mol. The number of halogens is 5. The van der Waals surface area contributed by atoms with Crippen LogP contribution < -0.4 is 9.47 Å². The summed E-state index contributed by atoms with van der Waals surface area (Å²) in [6.07, 6.45) is 0.861. The van der Waals surface area contributed by atoms with Crippen LogP contribution >= 0.6 is 0 Å². The van der Waals surface area contributed by atoms with E-state index in [-0.39, 0.29) is 0 Å². The molecule has 0 aliphatic heterocycles. The standard InChI is InChI=1S/C17H11F5O3/c1-8(9-3-5-10(24-2)6-4-9)7-11(23)25-17-15(21)13(19)12(18)14(20)16(17)22/h3-7H,1-2H3. The predicted octanol–water partition coefficient (Wildman–Crippen LogP) is 4.40. The molecular weight excluding hydrogens is 347 g/mol. The molecule has 3 nitrogen and oxygen atoms in total. The number of carbonyl (C=O) groups is 1. The smallest absolute Gasteiger partial charge is 0.336 e. The van der Waals surface area contributed by atoms with E-state index in [2.05, 4.69) is 4.74 Å². The second-order valence-electron chi connectivity index (χ2n) is 4.88. The molecule has 0 saturated carbocycles. The van der Waals surface area contributed by atoms with Crippen molar-refractivity contribution < 1.29 is 36.2 Å². The van der Waals surface area contributed by atoms with E-state index < -0.39 is 40.8 Å². The van der Waals surface area contributed by atoms with E-state index >= 15 is 0 Å². The van der Waals surface area contributed by atoms with Crippen LogP contribution in [0.5, 0.6) is 11.5 Å². The lowest BCUT2D eigenvalue weighted by Gasteiger charge is -2.08. The van der Waals surface area contributed by atoms with E-state index in [1.165, 1.54) is 14.0 Å². The zero-order chi connectivity index (χ0) is 18.7. The number of methoxy groups -OCH3 is 1. The van der Waals surface area contributed by atoms with Crippen molar-refractivity contribution >= 4 is 11.5 Å². The molecule has 0 radical (unpaired) electrons. The second-order valence-corrected chi connectivity index (χ2v) is 4.88. The number of hydrogen-bond donors (Lipinski definition) is 0. The summed E-state index contributed by atoms with van der Waals surface area (Å²) in [5.74, 6) is -13.5. The minimum absolute atomic E-state index is 0.344. The molecule has 0 heterocycles. The molecule has 0 spiro atoms. The van der Waals surface area contributed by atoms with E-state index in [1.807, 2.05) is 0 Å². The van der Waals surface area contributed by atoms with Gasteiger partial charge in [-0.3, -0.25) is 0 Å². The van der Waals surface area contributed by atoms with Gasteiger partial charge in [0.1, 0.15) is 5.75 Å². The van der Waals surface area contributed by atoms with Crippen molar-refractivity contribution in [3.63, 3.8) is 0 Å². The van der Waals surface area contributed by atoms with Crippen molar-refractivity contribution in [3.8, 4) is 11.5 Å². The van der Waals surface area contributed by atoms with Crippen molar-refractivity contribution in [2.24, 2.45) is 0 Å². The van der Waals surface area contributed by atoms with Crippen LogP contribution in [0.15, 0.2) is 30.3 Å². The van der Waals surface area contributed by atoms with Gasteiger partial charge in [0.25, 0.3) is 0 Å². The lowest BCUT2D eigenvalue weighted by Crippen LogP contribution is -2.11. The lowest BCUT2D eigenvalue weighted by molar-refractivity contribution is -0.129. The Hall–Kier alpha value is -2.90. The molecule has 8 heteroatoms. The molecule has 0 N–H and O–H groups in total. The normalized spacial score (nSPS) is 11.4. The first-order valence-corrected chi connectivity index (χ1v) is 6.82. The maximum absolute atomic E-state index is 13.5. The summed E-state index contributed by atoms with van der Waals surface area (Å²) >= 11 is 0. The Morgan fingerprint density at radius 3 is 1.84 bits per heavy atom. The molecule has 0 amide bonds. The molecule has 2 aromatic rings. The molecule has 0 aliphatic rings. The molecule has 25 heavy (non-hydrogen) atoms. The number of benzene rings is 2.